The van der Waals surface area contributed by atoms with Gasteiger partial charge in [0.15, 0.2) is 0 Å². The van der Waals surface area contributed by atoms with Gasteiger partial charge < -0.3 is 0 Å². The van der Waals surface area contributed by atoms with Gasteiger partial charge in [-0.2, -0.15) is 0 Å². The molecule has 0 aromatic carbocycles. The molecule has 3 heterocycles. The van der Waals surface area contributed by atoms with E-state index in [1.165, 1.54) is 0 Å². The van der Waals surface area contributed by atoms with Crippen molar-refractivity contribution in [3.63, 3.8) is 0 Å². The third-order valence-corrected chi connectivity index (χ3v) is 11.8. The van der Waals surface area contributed by atoms with Gasteiger partial charge in [-0.15, -0.1) is 0 Å². The van der Waals surface area contributed by atoms with Crippen LogP contribution >= 0.6 is 22.7 Å². The first-order valence-electron chi connectivity index (χ1n) is 8.84. The molecule has 124 valence electrons. The van der Waals surface area contributed by atoms with Crippen molar-refractivity contribution >= 4 is 46.9 Å². The van der Waals surface area contributed by atoms with E-state index in [9.17, 15) is 0 Å². The zero-order valence-electron chi connectivity index (χ0n) is 15.6. The van der Waals surface area contributed by atoms with Crippen molar-refractivity contribution in [2.24, 2.45) is 0 Å². The molecule has 0 spiro atoms. The minimum absolute atomic E-state index is 0.157. The van der Waals surface area contributed by atoms with Crippen LogP contribution in [0, 0.1) is 0 Å². The molecule has 0 aliphatic carbocycles. The summed E-state index contributed by atoms with van der Waals surface area (Å²) in [5.41, 5.74) is 3.42. The van der Waals surface area contributed by atoms with Crippen LogP contribution < -0.4 is 8.79 Å². The summed E-state index contributed by atoms with van der Waals surface area (Å²) < 4.78 is 3.57. The number of thiophene rings is 2. The average Bonchev–Trinajstić information content (AvgIpc) is 3.03. The normalized spacial score (nSPS) is 13.7. The molecule has 0 unspecified atom stereocenters. The predicted octanol–water partition coefficient (Wildman–Crippen LogP) is 5.94. The molecule has 0 amide bonds. The molecule has 0 saturated carbocycles. The van der Waals surface area contributed by atoms with Crippen molar-refractivity contribution in [1.82, 2.24) is 0 Å². The molecule has 0 N–H and O–H groups in total. The van der Waals surface area contributed by atoms with E-state index in [1.54, 1.807) is 39.4 Å². The van der Waals surface area contributed by atoms with Gasteiger partial charge in [0.25, 0.3) is 0 Å². The van der Waals surface area contributed by atoms with Crippen LogP contribution in [0.3, 0.4) is 0 Å². The Morgan fingerprint density at radius 3 is 1.17 bits per heavy atom. The molecule has 0 saturated heterocycles. The first kappa shape index (κ1) is 17.8. The molecule has 1 aliphatic rings. The standard InChI is InChI=1S/C20H28GeS2/c1-9(2)13-15-19(22-17(13)11(5)6)20-16(21-15)14(10(3)4)18(23-20)12(7)8/h9-12H,1-8H3. The van der Waals surface area contributed by atoms with Gasteiger partial charge in [-0.25, -0.2) is 0 Å². The summed E-state index contributed by atoms with van der Waals surface area (Å²) in [6.45, 7) is 19.0. The Balaban J connectivity index is 2.22. The average molecular weight is 405 g/mol. The third-order valence-electron chi connectivity index (χ3n) is 4.61. The van der Waals surface area contributed by atoms with Crippen LogP contribution in [0.5, 0.6) is 0 Å². The van der Waals surface area contributed by atoms with Crippen molar-refractivity contribution in [3.8, 4) is 9.75 Å². The Hall–Kier alpha value is -0.0571. The summed E-state index contributed by atoms with van der Waals surface area (Å²) in [4.78, 5) is 6.63. The van der Waals surface area contributed by atoms with Gasteiger partial charge in [0.1, 0.15) is 0 Å². The van der Waals surface area contributed by atoms with E-state index < -0.39 is 0 Å². The van der Waals surface area contributed by atoms with E-state index in [1.807, 2.05) is 0 Å². The molecule has 0 nitrogen and oxygen atoms in total. The molecule has 2 aromatic heterocycles. The van der Waals surface area contributed by atoms with Gasteiger partial charge in [-0.1, -0.05) is 0 Å². The number of hydrogen-bond acceptors (Lipinski definition) is 2. The van der Waals surface area contributed by atoms with Gasteiger partial charge in [0, 0.05) is 0 Å². The molecule has 1 aliphatic heterocycles. The van der Waals surface area contributed by atoms with Gasteiger partial charge in [0.2, 0.25) is 0 Å². The molecular weight excluding hydrogens is 377 g/mol. The number of rotatable bonds is 4. The third kappa shape index (κ3) is 2.79. The van der Waals surface area contributed by atoms with Crippen molar-refractivity contribution in [2.75, 3.05) is 0 Å². The van der Waals surface area contributed by atoms with Crippen molar-refractivity contribution in [3.05, 3.63) is 20.9 Å². The predicted molar refractivity (Wildman–Crippen MR) is 109 cm³/mol. The summed E-state index contributed by atoms with van der Waals surface area (Å²) in [6.07, 6.45) is 0. The first-order chi connectivity index (χ1) is 10.7. The maximum absolute atomic E-state index is 2.38. The quantitative estimate of drug-likeness (QED) is 0.472. The Morgan fingerprint density at radius 1 is 0.565 bits per heavy atom. The van der Waals surface area contributed by atoms with E-state index in [4.69, 9.17) is 0 Å². The number of fused-ring (bicyclic) bond motifs is 3. The number of hydrogen-bond donors (Lipinski definition) is 0. The fraction of sp³-hybridized carbons (Fsp3) is 0.600. The second-order valence-electron chi connectivity index (χ2n) is 7.91. The molecule has 2 radical (unpaired) electrons. The van der Waals surface area contributed by atoms with Crippen LogP contribution in [0.1, 0.15) is 99.9 Å². The molecule has 0 fully saturated rings. The SMILES string of the molecule is CC(C)c1sc2[c](c1C(C)C)[Ge][c]1c-2sc(C(C)C)c1C(C)C. The molecule has 3 rings (SSSR count). The Bertz CT molecular complexity index is 667. The summed E-state index contributed by atoms with van der Waals surface area (Å²) in [6, 6.07) is 0. The van der Waals surface area contributed by atoms with Crippen molar-refractivity contribution in [2.45, 2.75) is 79.1 Å². The second-order valence-corrected chi connectivity index (χ2v) is 12.6. The fourth-order valence-corrected chi connectivity index (χ4v) is 12.3. The molecule has 23 heavy (non-hydrogen) atoms. The molecule has 0 bridgehead atoms. The van der Waals surface area contributed by atoms with Gasteiger partial charge >= 0.3 is 157 Å². The molecular formula is C20H28GeS2. The van der Waals surface area contributed by atoms with Gasteiger partial charge in [0.05, 0.1) is 0 Å². The van der Waals surface area contributed by atoms with Gasteiger partial charge in [-0.3, -0.25) is 0 Å². The van der Waals surface area contributed by atoms with E-state index in [0.29, 0.717) is 23.7 Å². The van der Waals surface area contributed by atoms with Crippen LogP contribution in [-0.4, -0.2) is 15.4 Å². The summed E-state index contributed by atoms with van der Waals surface area (Å²) in [5.74, 6) is 2.65. The Kier molecular flexibility index (Phi) is 4.90. The second kappa shape index (κ2) is 6.35. The maximum atomic E-state index is 2.38. The van der Waals surface area contributed by atoms with Crippen LogP contribution in [0.15, 0.2) is 0 Å². The fourth-order valence-electron chi connectivity index (χ4n) is 3.62. The zero-order chi connectivity index (χ0) is 17.0. The van der Waals surface area contributed by atoms with Crippen LogP contribution in [0.2, 0.25) is 0 Å². The summed E-state index contributed by atoms with van der Waals surface area (Å²) in [5, 5.41) is 0. The summed E-state index contributed by atoms with van der Waals surface area (Å²) in [7, 11) is 0. The van der Waals surface area contributed by atoms with E-state index in [0.717, 1.165) is 0 Å². The van der Waals surface area contributed by atoms with E-state index >= 15 is 0 Å². The zero-order valence-corrected chi connectivity index (χ0v) is 19.4. The molecule has 0 atom stereocenters. The van der Waals surface area contributed by atoms with Crippen molar-refractivity contribution < 1.29 is 0 Å². The summed E-state index contributed by atoms with van der Waals surface area (Å²) >= 11 is 4.07. The molecule has 3 heteroatoms. The van der Waals surface area contributed by atoms with Crippen molar-refractivity contribution in [1.29, 1.82) is 0 Å². The minimum atomic E-state index is -0.157. The van der Waals surface area contributed by atoms with Crippen LogP contribution in [0.25, 0.3) is 9.75 Å². The van der Waals surface area contributed by atoms with Gasteiger partial charge in [-0.05, 0) is 0 Å². The van der Waals surface area contributed by atoms with E-state index in [-0.39, 0.29) is 15.4 Å². The van der Waals surface area contributed by atoms with E-state index in [2.05, 4.69) is 78.1 Å². The van der Waals surface area contributed by atoms with Crippen LogP contribution in [-0.2, 0) is 0 Å². The Labute approximate surface area is 156 Å². The first-order valence-corrected chi connectivity index (χ1v) is 12.6. The monoisotopic (exact) mass is 406 g/mol. The Morgan fingerprint density at radius 2 is 0.913 bits per heavy atom. The van der Waals surface area contributed by atoms with Crippen LogP contribution in [0.4, 0.5) is 0 Å². The topological polar surface area (TPSA) is 0 Å². The molecule has 2 aromatic rings.